The van der Waals surface area contributed by atoms with E-state index in [0.717, 1.165) is 7.05 Å². The number of hydrogen-bond donors (Lipinski definition) is 1. The first-order valence-corrected chi connectivity index (χ1v) is 4.13. The van der Waals surface area contributed by atoms with Gasteiger partial charge in [0, 0.05) is 7.05 Å². The second-order valence-electron chi connectivity index (χ2n) is 2.51. The standard InChI is InChI=1S/C8H10F3NO4/c1-3-16-7(15)4(8(9,10)11)5(12-2)6(13)14/h12H,3H2,1-2H3,(H,13,14)/p-1. The van der Waals surface area contributed by atoms with Crippen LogP contribution in [0, 0.1) is 0 Å². The highest BCUT2D eigenvalue weighted by atomic mass is 19.4. The molecule has 0 spiro atoms. The van der Waals surface area contributed by atoms with E-state index < -0.39 is 29.4 Å². The fourth-order valence-corrected chi connectivity index (χ4v) is 0.892. The molecular formula is C8H9F3NO4-. The van der Waals surface area contributed by atoms with Crippen molar-refractivity contribution in [2.45, 2.75) is 13.1 Å². The molecule has 0 aromatic carbocycles. The Morgan fingerprint density at radius 1 is 1.38 bits per heavy atom. The lowest BCUT2D eigenvalue weighted by Gasteiger charge is -2.16. The van der Waals surface area contributed by atoms with Crippen molar-refractivity contribution in [3.05, 3.63) is 11.3 Å². The number of likely N-dealkylation sites (N-methyl/N-ethyl adjacent to an activating group) is 1. The Hall–Kier alpha value is -1.73. The fraction of sp³-hybridized carbons (Fsp3) is 0.500. The van der Waals surface area contributed by atoms with Crippen molar-refractivity contribution < 1.29 is 32.6 Å². The van der Waals surface area contributed by atoms with Crippen LogP contribution < -0.4 is 10.4 Å². The van der Waals surface area contributed by atoms with Crippen molar-refractivity contribution in [1.29, 1.82) is 0 Å². The van der Waals surface area contributed by atoms with Crippen LogP contribution in [-0.2, 0) is 14.3 Å². The Labute approximate surface area is 88.9 Å². The van der Waals surface area contributed by atoms with Gasteiger partial charge in [0.1, 0.15) is 0 Å². The molecule has 0 heterocycles. The van der Waals surface area contributed by atoms with Crippen LogP contribution in [0.5, 0.6) is 0 Å². The summed E-state index contributed by atoms with van der Waals surface area (Å²) in [7, 11) is 0.927. The second kappa shape index (κ2) is 5.38. The number of hydrogen-bond acceptors (Lipinski definition) is 5. The summed E-state index contributed by atoms with van der Waals surface area (Å²) in [4.78, 5) is 21.4. The molecule has 5 nitrogen and oxygen atoms in total. The van der Waals surface area contributed by atoms with Crippen molar-refractivity contribution in [2.75, 3.05) is 13.7 Å². The molecule has 0 amide bonds. The van der Waals surface area contributed by atoms with Gasteiger partial charge in [0.05, 0.1) is 18.3 Å². The number of alkyl halides is 3. The zero-order valence-electron chi connectivity index (χ0n) is 8.47. The van der Waals surface area contributed by atoms with E-state index in [1.54, 1.807) is 5.32 Å². The van der Waals surface area contributed by atoms with E-state index in [2.05, 4.69) is 4.74 Å². The smallest absolute Gasteiger partial charge is 0.425 e. The Kier molecular flexibility index (Phi) is 4.80. The highest BCUT2D eigenvalue weighted by Crippen LogP contribution is 2.28. The van der Waals surface area contributed by atoms with Crippen LogP contribution in [0.2, 0.25) is 0 Å². The molecule has 0 aliphatic carbocycles. The number of nitrogens with one attached hydrogen (secondary N) is 1. The summed E-state index contributed by atoms with van der Waals surface area (Å²) >= 11 is 0. The van der Waals surface area contributed by atoms with Crippen LogP contribution in [-0.4, -0.2) is 31.8 Å². The van der Waals surface area contributed by atoms with Crippen molar-refractivity contribution in [3.8, 4) is 0 Å². The van der Waals surface area contributed by atoms with Crippen molar-refractivity contribution in [1.82, 2.24) is 5.32 Å². The van der Waals surface area contributed by atoms with Gasteiger partial charge >= 0.3 is 12.1 Å². The van der Waals surface area contributed by atoms with E-state index in [1.807, 2.05) is 0 Å². The molecule has 0 unspecified atom stereocenters. The number of esters is 1. The van der Waals surface area contributed by atoms with Crippen LogP contribution in [0.4, 0.5) is 13.2 Å². The molecule has 0 rings (SSSR count). The molecule has 0 aromatic heterocycles. The molecule has 0 bridgehead atoms. The number of aliphatic carboxylic acids is 1. The third kappa shape index (κ3) is 3.44. The normalized spacial score (nSPS) is 12.8. The molecule has 0 saturated carbocycles. The average molecular weight is 240 g/mol. The Balaban J connectivity index is 5.55. The maximum atomic E-state index is 12.4. The number of carbonyl (C=O) groups is 2. The molecule has 0 aliphatic rings. The van der Waals surface area contributed by atoms with Crippen molar-refractivity contribution >= 4 is 11.9 Å². The number of carboxylic acids is 1. The first-order valence-electron chi connectivity index (χ1n) is 4.13. The zero-order valence-corrected chi connectivity index (χ0v) is 8.47. The molecule has 0 aromatic rings. The highest BCUT2D eigenvalue weighted by Gasteiger charge is 2.42. The molecule has 92 valence electrons. The van der Waals surface area contributed by atoms with Gasteiger partial charge in [-0.25, -0.2) is 4.79 Å². The maximum absolute atomic E-state index is 12.4. The van der Waals surface area contributed by atoms with Gasteiger partial charge in [0.25, 0.3) is 0 Å². The molecule has 0 atom stereocenters. The van der Waals surface area contributed by atoms with Crippen LogP contribution in [0.1, 0.15) is 6.92 Å². The van der Waals surface area contributed by atoms with Crippen LogP contribution in [0.15, 0.2) is 11.3 Å². The monoisotopic (exact) mass is 240 g/mol. The molecule has 1 N–H and O–H groups in total. The first kappa shape index (κ1) is 14.3. The summed E-state index contributed by atoms with van der Waals surface area (Å²) in [5.41, 5.74) is -3.28. The van der Waals surface area contributed by atoms with Gasteiger partial charge in [-0.1, -0.05) is 0 Å². The topological polar surface area (TPSA) is 78.5 Å². The van der Waals surface area contributed by atoms with E-state index in [1.165, 1.54) is 6.92 Å². The SMILES string of the molecule is CCOC(=O)C(=C(NC)C(=O)[O-])C(F)(F)F. The quantitative estimate of drug-likeness (QED) is 0.521. The average Bonchev–Trinajstić information content (AvgIpc) is 2.11. The largest absolute Gasteiger partial charge is 0.543 e. The minimum atomic E-state index is -5.13. The Morgan fingerprint density at radius 3 is 2.12 bits per heavy atom. The first-order chi connectivity index (χ1) is 7.25. The summed E-state index contributed by atoms with van der Waals surface area (Å²) in [5, 5.41) is 12.1. The number of rotatable bonds is 4. The van der Waals surface area contributed by atoms with Crippen molar-refractivity contribution in [2.24, 2.45) is 0 Å². The van der Waals surface area contributed by atoms with Gasteiger partial charge in [0.15, 0.2) is 5.57 Å². The third-order valence-corrected chi connectivity index (χ3v) is 1.47. The van der Waals surface area contributed by atoms with Gasteiger partial charge < -0.3 is 20.0 Å². The van der Waals surface area contributed by atoms with Crippen molar-refractivity contribution in [3.63, 3.8) is 0 Å². The number of carboxylic acid groups (broad SMARTS) is 1. The Bertz CT molecular complexity index is 322. The third-order valence-electron chi connectivity index (χ3n) is 1.47. The van der Waals surface area contributed by atoms with Crippen LogP contribution in [0.3, 0.4) is 0 Å². The van der Waals surface area contributed by atoms with Crippen LogP contribution in [0.25, 0.3) is 0 Å². The zero-order chi connectivity index (χ0) is 12.9. The van der Waals surface area contributed by atoms with E-state index in [9.17, 15) is 27.9 Å². The fourth-order valence-electron chi connectivity index (χ4n) is 0.892. The summed E-state index contributed by atoms with van der Waals surface area (Å²) in [6.07, 6.45) is -5.13. The molecule has 0 aliphatic heterocycles. The molecular weight excluding hydrogens is 231 g/mol. The molecule has 0 saturated heterocycles. The summed E-state index contributed by atoms with van der Waals surface area (Å²) in [6, 6.07) is 0. The summed E-state index contributed by atoms with van der Waals surface area (Å²) in [5.74, 6) is -3.90. The molecule has 8 heteroatoms. The minimum absolute atomic E-state index is 0.303. The van der Waals surface area contributed by atoms with E-state index in [0.29, 0.717) is 0 Å². The molecule has 16 heavy (non-hydrogen) atoms. The summed E-state index contributed by atoms with van der Waals surface area (Å²) in [6.45, 7) is 0.992. The lowest BCUT2D eigenvalue weighted by Crippen LogP contribution is -2.37. The summed E-state index contributed by atoms with van der Waals surface area (Å²) < 4.78 is 41.3. The lowest BCUT2D eigenvalue weighted by molar-refractivity contribution is -0.300. The molecule has 0 fully saturated rings. The van der Waals surface area contributed by atoms with Gasteiger partial charge in [-0.05, 0) is 6.92 Å². The van der Waals surface area contributed by atoms with Crippen LogP contribution >= 0.6 is 0 Å². The minimum Gasteiger partial charge on any atom is -0.543 e. The predicted octanol–water partition coefficient (Wildman–Crippen LogP) is -0.665. The van der Waals surface area contributed by atoms with Gasteiger partial charge in [0.2, 0.25) is 0 Å². The maximum Gasteiger partial charge on any atom is 0.425 e. The highest BCUT2D eigenvalue weighted by molar-refractivity contribution is 5.99. The predicted molar refractivity (Wildman–Crippen MR) is 43.8 cm³/mol. The van der Waals surface area contributed by atoms with E-state index >= 15 is 0 Å². The molecule has 0 radical (unpaired) electrons. The number of halogens is 3. The lowest BCUT2D eigenvalue weighted by atomic mass is 10.2. The second-order valence-corrected chi connectivity index (χ2v) is 2.51. The van der Waals surface area contributed by atoms with Gasteiger partial charge in [-0.2, -0.15) is 13.2 Å². The van der Waals surface area contributed by atoms with Gasteiger partial charge in [-0.3, -0.25) is 0 Å². The van der Waals surface area contributed by atoms with Gasteiger partial charge in [-0.15, -0.1) is 0 Å². The van der Waals surface area contributed by atoms with E-state index in [4.69, 9.17) is 0 Å². The number of carbonyl (C=O) groups excluding carboxylic acids is 2. The number of ether oxygens (including phenoxy) is 1. The Morgan fingerprint density at radius 2 is 1.88 bits per heavy atom. The van der Waals surface area contributed by atoms with E-state index in [-0.39, 0.29) is 6.61 Å².